The molecule has 2 N–H and O–H groups in total. The van der Waals surface area contributed by atoms with E-state index in [0.29, 0.717) is 18.6 Å². The molecule has 1 unspecified atom stereocenters. The zero-order valence-electron chi connectivity index (χ0n) is 16.8. The lowest BCUT2D eigenvalue weighted by Crippen LogP contribution is -2.46. The van der Waals surface area contributed by atoms with Gasteiger partial charge in [-0.15, -0.1) is 11.3 Å². The smallest absolute Gasteiger partial charge is 0.341 e. The normalized spacial score (nSPS) is 20.2. The van der Waals surface area contributed by atoms with Gasteiger partial charge in [-0.1, -0.05) is 0 Å². The fourth-order valence-corrected chi connectivity index (χ4v) is 4.78. The molecule has 31 heavy (non-hydrogen) atoms. The van der Waals surface area contributed by atoms with E-state index < -0.39 is 29.0 Å². The predicted molar refractivity (Wildman–Crippen MR) is 116 cm³/mol. The second-order valence-electron chi connectivity index (χ2n) is 7.66. The van der Waals surface area contributed by atoms with Gasteiger partial charge in [0.1, 0.15) is 16.8 Å². The van der Waals surface area contributed by atoms with Gasteiger partial charge in [-0.25, -0.2) is 14.2 Å². The molecule has 11 heteroatoms. The Kier molecular flexibility index (Phi) is 4.50. The van der Waals surface area contributed by atoms with Crippen molar-refractivity contribution in [2.45, 2.75) is 25.6 Å². The van der Waals surface area contributed by atoms with Crippen LogP contribution in [0, 0.1) is 5.82 Å². The minimum Gasteiger partial charge on any atom is -0.477 e. The highest BCUT2D eigenvalue weighted by Gasteiger charge is 2.34. The third kappa shape index (κ3) is 3.07. The van der Waals surface area contributed by atoms with Gasteiger partial charge in [0, 0.05) is 44.0 Å². The van der Waals surface area contributed by atoms with Gasteiger partial charge in [0.25, 0.3) is 0 Å². The van der Waals surface area contributed by atoms with Gasteiger partial charge < -0.3 is 20.1 Å². The number of carboxylic acid groups (broad SMARTS) is 1. The Bertz CT molecular complexity index is 1240. The number of hydrogen-bond donors (Lipinski definition) is 2. The number of nitrogens with one attached hydrogen (secondary N) is 1. The second kappa shape index (κ2) is 7.12. The summed E-state index contributed by atoms with van der Waals surface area (Å²) in [6.45, 7) is 2.92. The number of anilines is 2. The summed E-state index contributed by atoms with van der Waals surface area (Å²) in [7, 11) is 1.72. The molecule has 2 aliphatic rings. The number of aromatic nitrogens is 2. The fourth-order valence-electron chi connectivity index (χ4n) is 4.18. The van der Waals surface area contributed by atoms with E-state index in [9.17, 15) is 14.7 Å². The molecule has 0 amide bonds. The highest BCUT2D eigenvalue weighted by molar-refractivity contribution is 7.13. The van der Waals surface area contributed by atoms with Gasteiger partial charge >= 0.3 is 5.97 Å². The zero-order valence-corrected chi connectivity index (χ0v) is 17.6. The Morgan fingerprint density at radius 2 is 2.26 bits per heavy atom. The van der Waals surface area contributed by atoms with Crippen molar-refractivity contribution < 1.29 is 19.0 Å². The minimum atomic E-state index is -1.36. The Morgan fingerprint density at radius 3 is 2.97 bits per heavy atom. The maximum absolute atomic E-state index is 15.4. The van der Waals surface area contributed by atoms with Crippen LogP contribution >= 0.6 is 11.3 Å². The average molecular weight is 445 g/mol. The van der Waals surface area contributed by atoms with Gasteiger partial charge in [0.2, 0.25) is 5.43 Å². The number of thiazole rings is 1. The molecule has 0 aliphatic carbocycles. The van der Waals surface area contributed by atoms with Crippen LogP contribution in [-0.4, -0.2) is 53.1 Å². The molecule has 2 aliphatic heterocycles. The summed E-state index contributed by atoms with van der Waals surface area (Å²) in [6, 6.07) is 1.21. The summed E-state index contributed by atoms with van der Waals surface area (Å²) in [5, 5.41) is 17.1. The molecule has 1 aromatic carbocycles. The number of ether oxygens (including phenoxy) is 1. The Balaban J connectivity index is 1.63. The standard InChI is InChI=1S/C20H20FN5O4S/c1-10-24(2)26-9-13(19(28)29)17(27)12-7-14(21)16(18(30-10)15(12)26)25-5-3-11(8-25)23-20-22-4-6-31-20/h4,6-7,9-11H,3,5,8H2,1-2H3,(H,22,23)(H,28,29)/t10?,11-/m1/s1. The van der Waals surface area contributed by atoms with E-state index >= 15 is 4.39 Å². The summed E-state index contributed by atoms with van der Waals surface area (Å²) >= 11 is 1.51. The van der Waals surface area contributed by atoms with E-state index in [0.717, 1.165) is 17.6 Å². The molecule has 2 aromatic heterocycles. The summed E-state index contributed by atoms with van der Waals surface area (Å²) in [5.41, 5.74) is -0.502. The number of carboxylic acids is 1. The van der Waals surface area contributed by atoms with Crippen molar-refractivity contribution in [3.8, 4) is 5.75 Å². The maximum atomic E-state index is 15.4. The van der Waals surface area contributed by atoms with Crippen LogP contribution in [0.1, 0.15) is 23.7 Å². The van der Waals surface area contributed by atoms with E-state index in [1.54, 1.807) is 29.9 Å². The first kappa shape index (κ1) is 19.6. The maximum Gasteiger partial charge on any atom is 0.341 e. The van der Waals surface area contributed by atoms with E-state index in [1.165, 1.54) is 17.5 Å². The molecule has 2 atom stereocenters. The first-order valence-electron chi connectivity index (χ1n) is 9.81. The largest absolute Gasteiger partial charge is 0.477 e. The van der Waals surface area contributed by atoms with Crippen molar-refractivity contribution in [1.82, 2.24) is 9.66 Å². The van der Waals surface area contributed by atoms with Gasteiger partial charge in [-0.2, -0.15) is 0 Å². The van der Waals surface area contributed by atoms with E-state index in [4.69, 9.17) is 4.74 Å². The Hall–Kier alpha value is -3.34. The lowest BCUT2D eigenvalue weighted by molar-refractivity contribution is 0.0694. The highest BCUT2D eigenvalue weighted by Crippen LogP contribution is 2.42. The van der Waals surface area contributed by atoms with Crippen molar-refractivity contribution >= 4 is 39.0 Å². The fraction of sp³-hybridized carbons (Fsp3) is 0.350. The molecule has 162 valence electrons. The molecule has 1 saturated heterocycles. The van der Waals surface area contributed by atoms with Crippen molar-refractivity contribution in [2.24, 2.45) is 0 Å². The van der Waals surface area contributed by atoms with Gasteiger partial charge in [0.15, 0.2) is 22.9 Å². The van der Waals surface area contributed by atoms with Crippen molar-refractivity contribution in [3.63, 3.8) is 0 Å². The Morgan fingerprint density at radius 1 is 1.45 bits per heavy atom. The number of nitrogens with zero attached hydrogens (tertiary/aromatic N) is 4. The number of halogens is 1. The molecule has 4 heterocycles. The number of hydrogen-bond acceptors (Lipinski definition) is 8. The monoisotopic (exact) mass is 445 g/mol. The second-order valence-corrected chi connectivity index (χ2v) is 8.55. The van der Waals surface area contributed by atoms with Gasteiger partial charge in [0.05, 0.1) is 5.39 Å². The molecule has 0 spiro atoms. The average Bonchev–Trinajstić information content (AvgIpc) is 3.39. The third-order valence-electron chi connectivity index (χ3n) is 5.80. The summed E-state index contributed by atoms with van der Waals surface area (Å²) in [4.78, 5) is 30.5. The molecule has 0 radical (unpaired) electrons. The van der Waals surface area contributed by atoms with Crippen LogP contribution in [0.15, 0.2) is 28.6 Å². The Labute approximate surface area is 180 Å². The van der Waals surface area contributed by atoms with Crippen LogP contribution < -0.4 is 25.4 Å². The van der Waals surface area contributed by atoms with E-state index in [-0.39, 0.29) is 22.9 Å². The number of pyridine rings is 1. The lowest BCUT2D eigenvalue weighted by Gasteiger charge is -2.37. The van der Waals surface area contributed by atoms with Crippen molar-refractivity contribution in [1.29, 1.82) is 0 Å². The number of carbonyl (C=O) groups is 1. The summed E-state index contributed by atoms with van der Waals surface area (Å²) < 4.78 is 23.0. The quantitative estimate of drug-likeness (QED) is 0.631. The van der Waals surface area contributed by atoms with Crippen LogP contribution in [0.2, 0.25) is 0 Å². The predicted octanol–water partition coefficient (Wildman–Crippen LogP) is 2.29. The van der Waals surface area contributed by atoms with E-state index in [1.807, 2.05) is 10.3 Å². The zero-order chi connectivity index (χ0) is 21.9. The van der Waals surface area contributed by atoms with Crippen molar-refractivity contribution in [2.75, 3.05) is 35.4 Å². The third-order valence-corrected chi connectivity index (χ3v) is 6.51. The number of rotatable bonds is 4. The molecular weight excluding hydrogens is 425 g/mol. The molecule has 0 bridgehead atoms. The van der Waals surface area contributed by atoms with Crippen LogP contribution in [0.4, 0.5) is 15.2 Å². The van der Waals surface area contributed by atoms with Crippen LogP contribution in [0.25, 0.3) is 10.9 Å². The van der Waals surface area contributed by atoms with Crippen LogP contribution in [0.5, 0.6) is 5.75 Å². The number of benzene rings is 1. The topological polar surface area (TPSA) is 99.9 Å². The lowest BCUT2D eigenvalue weighted by atomic mass is 10.1. The molecule has 5 rings (SSSR count). The highest BCUT2D eigenvalue weighted by atomic mass is 32.1. The van der Waals surface area contributed by atoms with Crippen LogP contribution in [-0.2, 0) is 0 Å². The van der Waals surface area contributed by atoms with E-state index in [2.05, 4.69) is 10.3 Å². The SMILES string of the molecule is CC1Oc2c(N3CC[C@@H](Nc4nccs4)C3)c(F)cc3c(=O)c(C(=O)O)cn(c23)N1C. The van der Waals surface area contributed by atoms with Crippen LogP contribution in [0.3, 0.4) is 0 Å². The number of aromatic carboxylic acids is 1. The molecule has 1 fully saturated rings. The first-order chi connectivity index (χ1) is 14.8. The minimum absolute atomic E-state index is 0.0217. The van der Waals surface area contributed by atoms with Gasteiger partial charge in [-0.05, 0) is 19.4 Å². The molecule has 0 saturated carbocycles. The van der Waals surface area contributed by atoms with Crippen molar-refractivity contribution in [3.05, 3.63) is 45.4 Å². The molecule has 3 aromatic rings. The van der Waals surface area contributed by atoms with Gasteiger partial charge in [-0.3, -0.25) is 14.5 Å². The first-order valence-corrected chi connectivity index (χ1v) is 10.7. The molecule has 9 nitrogen and oxygen atoms in total. The molecular formula is C20H20FN5O4S. The summed E-state index contributed by atoms with van der Waals surface area (Å²) in [5.74, 6) is -1.71. The summed E-state index contributed by atoms with van der Waals surface area (Å²) in [6.07, 6.45) is 3.29.